The van der Waals surface area contributed by atoms with E-state index in [1.165, 1.54) is 69.7 Å². The Morgan fingerprint density at radius 2 is 1.90 bits per heavy atom. The van der Waals surface area contributed by atoms with E-state index in [1.54, 1.807) is 11.1 Å². The molecule has 4 nitrogen and oxygen atoms in total. The second kappa shape index (κ2) is 8.25. The van der Waals surface area contributed by atoms with Crippen molar-refractivity contribution >= 4 is 15.7 Å². The molecule has 0 spiro atoms. The van der Waals surface area contributed by atoms with Gasteiger partial charge in [-0.05, 0) is 91.6 Å². The molecule has 0 amide bonds. The molecule has 1 N–H and O–H groups in total. The van der Waals surface area contributed by atoms with Crippen molar-refractivity contribution in [1.29, 1.82) is 0 Å². The molecular weight excluding hydrogens is 404 g/mol. The first-order chi connectivity index (χ1) is 14.9. The first-order valence-corrected chi connectivity index (χ1v) is 13.7. The van der Waals surface area contributed by atoms with Crippen molar-refractivity contribution in [2.75, 3.05) is 24.1 Å². The van der Waals surface area contributed by atoms with E-state index in [-0.39, 0.29) is 5.41 Å². The van der Waals surface area contributed by atoms with E-state index in [2.05, 4.69) is 46.0 Å². The van der Waals surface area contributed by atoms with E-state index >= 15 is 0 Å². The molecule has 5 heteroatoms. The Morgan fingerprint density at radius 3 is 2.74 bits per heavy atom. The van der Waals surface area contributed by atoms with Gasteiger partial charge >= 0.3 is 0 Å². The van der Waals surface area contributed by atoms with E-state index in [0.717, 1.165) is 12.5 Å². The highest BCUT2D eigenvalue weighted by Gasteiger charge is 2.44. The summed E-state index contributed by atoms with van der Waals surface area (Å²) in [7, 11) is -3.25. The Labute approximate surface area is 187 Å². The summed E-state index contributed by atoms with van der Waals surface area (Å²) >= 11 is 0. The van der Waals surface area contributed by atoms with Gasteiger partial charge in [-0.3, -0.25) is 4.72 Å². The molecule has 31 heavy (non-hydrogen) atoms. The first kappa shape index (κ1) is 21.0. The Kier molecular flexibility index (Phi) is 5.59. The van der Waals surface area contributed by atoms with Crippen molar-refractivity contribution in [3.05, 3.63) is 65.2 Å². The molecule has 2 aliphatic carbocycles. The van der Waals surface area contributed by atoms with Crippen molar-refractivity contribution in [3.8, 4) is 0 Å². The molecule has 1 heterocycles. The molecule has 1 saturated heterocycles. The number of nitrogens with one attached hydrogen (secondary N) is 1. The molecule has 2 aromatic carbocycles. The highest BCUT2D eigenvalue weighted by molar-refractivity contribution is 7.92. The number of likely N-dealkylation sites (tertiary alicyclic amines) is 1. The van der Waals surface area contributed by atoms with Gasteiger partial charge in [0.15, 0.2) is 0 Å². The van der Waals surface area contributed by atoms with Gasteiger partial charge < -0.3 is 4.90 Å². The van der Waals surface area contributed by atoms with Crippen LogP contribution in [0.3, 0.4) is 0 Å². The largest absolute Gasteiger partial charge is 0.300 e. The Bertz CT molecular complexity index is 1050. The maximum atomic E-state index is 11.7. The first-order valence-electron chi connectivity index (χ1n) is 11.8. The Morgan fingerprint density at radius 1 is 1.06 bits per heavy atom. The monoisotopic (exact) mass is 438 g/mol. The van der Waals surface area contributed by atoms with Gasteiger partial charge in [-0.2, -0.15) is 0 Å². The number of fused-ring (bicyclic) bond motifs is 3. The van der Waals surface area contributed by atoms with Crippen LogP contribution in [0.25, 0.3) is 0 Å². The molecular formula is C26H34N2O2S. The molecule has 0 radical (unpaired) electrons. The normalized spacial score (nSPS) is 28.7. The highest BCUT2D eigenvalue weighted by Crippen LogP contribution is 2.47. The average molecular weight is 439 g/mol. The van der Waals surface area contributed by atoms with Gasteiger partial charge in [0, 0.05) is 18.3 Å². The lowest BCUT2D eigenvalue weighted by atomic mass is 9.63. The number of anilines is 1. The second-order valence-electron chi connectivity index (χ2n) is 10.1. The zero-order chi connectivity index (χ0) is 21.5. The fourth-order valence-corrected chi connectivity index (χ4v) is 7.00. The standard InChI is InChI=1S/C26H34N2O2S/c1-31(29,30)27-24-9-4-8-23(17-24)26-13-5-10-25(18-26)28(15-14-26)19-20-11-12-21-6-2-3-7-22(21)16-20/h2-4,6-9,17,20,25,27H,5,10-16,18-19H2,1H3. The van der Waals surface area contributed by atoms with Crippen LogP contribution >= 0.6 is 0 Å². The smallest absolute Gasteiger partial charge is 0.229 e. The lowest BCUT2D eigenvalue weighted by Crippen LogP contribution is -2.53. The van der Waals surface area contributed by atoms with Crippen molar-refractivity contribution < 1.29 is 8.42 Å². The predicted molar refractivity (Wildman–Crippen MR) is 127 cm³/mol. The number of aryl methyl sites for hydroxylation is 1. The molecule has 0 aromatic heterocycles. The quantitative estimate of drug-likeness (QED) is 0.733. The summed E-state index contributed by atoms with van der Waals surface area (Å²) < 4.78 is 26.0. The number of sulfonamides is 1. The van der Waals surface area contributed by atoms with Crippen LogP contribution in [0.4, 0.5) is 5.69 Å². The van der Waals surface area contributed by atoms with Gasteiger partial charge in [0.05, 0.1) is 6.26 Å². The fourth-order valence-electron chi connectivity index (χ4n) is 6.44. The van der Waals surface area contributed by atoms with Gasteiger partial charge in [-0.1, -0.05) is 42.8 Å². The second-order valence-corrected chi connectivity index (χ2v) is 11.9. The third kappa shape index (κ3) is 4.54. The number of hydrogen-bond acceptors (Lipinski definition) is 3. The number of hydrogen-bond donors (Lipinski definition) is 1. The van der Waals surface area contributed by atoms with E-state index in [0.29, 0.717) is 11.7 Å². The van der Waals surface area contributed by atoms with Crippen LogP contribution in [0.15, 0.2) is 48.5 Å². The van der Waals surface area contributed by atoms with Gasteiger partial charge in [0.2, 0.25) is 10.0 Å². The molecule has 2 aromatic rings. The van der Waals surface area contributed by atoms with Gasteiger partial charge in [0.1, 0.15) is 0 Å². The average Bonchev–Trinajstić information content (AvgIpc) is 2.75. The van der Waals surface area contributed by atoms with Crippen molar-refractivity contribution in [2.45, 2.75) is 62.8 Å². The minimum absolute atomic E-state index is 0.202. The minimum Gasteiger partial charge on any atom is -0.300 e. The SMILES string of the molecule is CS(=O)(=O)Nc1cccc(C23CCCC(C2)N(CC2CCc4ccccc4C2)CC3)c1. The van der Waals surface area contributed by atoms with E-state index in [9.17, 15) is 8.42 Å². The topological polar surface area (TPSA) is 49.4 Å². The molecule has 3 aliphatic rings. The summed E-state index contributed by atoms with van der Waals surface area (Å²) in [5.74, 6) is 0.770. The summed E-state index contributed by atoms with van der Waals surface area (Å²) in [6.07, 6.45) is 11.1. The van der Waals surface area contributed by atoms with Crippen molar-refractivity contribution in [2.24, 2.45) is 5.92 Å². The van der Waals surface area contributed by atoms with Crippen molar-refractivity contribution in [3.63, 3.8) is 0 Å². The number of nitrogens with zero attached hydrogens (tertiary/aromatic N) is 1. The molecule has 5 rings (SSSR count). The summed E-state index contributed by atoms with van der Waals surface area (Å²) in [6.45, 7) is 2.39. The van der Waals surface area contributed by atoms with E-state index in [1.807, 2.05) is 12.1 Å². The van der Waals surface area contributed by atoms with Crippen LogP contribution < -0.4 is 4.72 Å². The fraction of sp³-hybridized carbons (Fsp3) is 0.538. The van der Waals surface area contributed by atoms with Gasteiger partial charge in [0.25, 0.3) is 0 Å². The third-order valence-electron chi connectivity index (χ3n) is 7.93. The number of rotatable bonds is 5. The predicted octanol–water partition coefficient (Wildman–Crippen LogP) is 4.75. The molecule has 3 atom stereocenters. The van der Waals surface area contributed by atoms with Crippen molar-refractivity contribution in [1.82, 2.24) is 4.90 Å². The number of benzene rings is 2. The lowest BCUT2D eigenvalue weighted by Gasteiger charge is -2.52. The molecule has 2 bridgehead atoms. The summed E-state index contributed by atoms with van der Waals surface area (Å²) in [5.41, 5.74) is 5.32. The zero-order valence-corrected chi connectivity index (χ0v) is 19.3. The molecule has 2 fully saturated rings. The summed E-state index contributed by atoms with van der Waals surface area (Å²) in [5, 5.41) is 0. The maximum Gasteiger partial charge on any atom is 0.229 e. The Hall–Kier alpha value is -1.85. The Balaban J connectivity index is 1.29. The van der Waals surface area contributed by atoms with Gasteiger partial charge in [-0.25, -0.2) is 8.42 Å². The molecule has 1 saturated carbocycles. The molecule has 166 valence electrons. The maximum absolute atomic E-state index is 11.7. The number of piperidine rings is 1. The molecule has 1 aliphatic heterocycles. The van der Waals surface area contributed by atoms with Crippen LogP contribution in [0.2, 0.25) is 0 Å². The van der Waals surface area contributed by atoms with Crippen LogP contribution in [-0.4, -0.2) is 38.7 Å². The van der Waals surface area contributed by atoms with Crippen LogP contribution in [0, 0.1) is 5.92 Å². The molecule has 3 unspecified atom stereocenters. The summed E-state index contributed by atoms with van der Waals surface area (Å²) in [6, 6.07) is 17.8. The van der Waals surface area contributed by atoms with E-state index < -0.39 is 10.0 Å². The van der Waals surface area contributed by atoms with Crippen LogP contribution in [0.1, 0.15) is 55.2 Å². The minimum atomic E-state index is -3.25. The summed E-state index contributed by atoms with van der Waals surface area (Å²) in [4.78, 5) is 2.79. The zero-order valence-electron chi connectivity index (χ0n) is 18.5. The van der Waals surface area contributed by atoms with Gasteiger partial charge in [-0.15, -0.1) is 0 Å². The lowest BCUT2D eigenvalue weighted by molar-refractivity contribution is 0.0385. The van der Waals surface area contributed by atoms with E-state index in [4.69, 9.17) is 0 Å². The van der Waals surface area contributed by atoms with Crippen LogP contribution in [0.5, 0.6) is 0 Å². The third-order valence-corrected chi connectivity index (χ3v) is 8.54. The van der Waals surface area contributed by atoms with Crippen LogP contribution in [-0.2, 0) is 28.3 Å². The highest BCUT2D eigenvalue weighted by atomic mass is 32.2.